The second-order valence-electron chi connectivity index (χ2n) is 6.05. The molecule has 2 N–H and O–H groups in total. The van der Waals surface area contributed by atoms with Crippen LogP contribution >= 0.6 is 11.8 Å². The van der Waals surface area contributed by atoms with Gasteiger partial charge in [-0.05, 0) is 13.2 Å². The zero-order chi connectivity index (χ0) is 14.6. The van der Waals surface area contributed by atoms with Gasteiger partial charge in [-0.15, -0.1) is 0 Å². The Bertz CT molecular complexity index is 394. The number of nitrogens with one attached hydrogen (secondary N) is 1. The maximum absolute atomic E-state index is 9.30. The molecular weight excluding hydrogens is 258 g/mol. The van der Waals surface area contributed by atoms with E-state index in [1.807, 2.05) is 18.0 Å². The molecule has 0 saturated heterocycles. The number of aliphatic hydroxyl groups is 1. The molecule has 0 spiro atoms. The van der Waals surface area contributed by atoms with Gasteiger partial charge >= 0.3 is 0 Å². The second-order valence-corrected chi connectivity index (χ2v) is 7.13. The van der Waals surface area contributed by atoms with Gasteiger partial charge < -0.3 is 10.4 Å². The van der Waals surface area contributed by atoms with Crippen LogP contribution in [0.15, 0.2) is 6.20 Å². The Morgan fingerprint density at radius 2 is 2.11 bits per heavy atom. The van der Waals surface area contributed by atoms with E-state index in [2.05, 4.69) is 44.3 Å². The SMILES string of the molecule is CSC(CO)C(C)NCc1cn(C)nc1C(C)(C)C. The van der Waals surface area contributed by atoms with Crippen LogP contribution in [-0.2, 0) is 19.0 Å². The third-order valence-electron chi connectivity index (χ3n) is 3.27. The van der Waals surface area contributed by atoms with Crippen LogP contribution in [0.5, 0.6) is 0 Å². The van der Waals surface area contributed by atoms with Gasteiger partial charge in [0, 0.05) is 42.1 Å². The molecule has 1 aromatic heterocycles. The van der Waals surface area contributed by atoms with Gasteiger partial charge in [0.15, 0.2) is 0 Å². The van der Waals surface area contributed by atoms with Gasteiger partial charge in [-0.1, -0.05) is 20.8 Å². The molecule has 0 aromatic carbocycles. The van der Waals surface area contributed by atoms with Gasteiger partial charge in [-0.3, -0.25) is 4.68 Å². The smallest absolute Gasteiger partial charge is 0.0722 e. The van der Waals surface area contributed by atoms with E-state index in [0.29, 0.717) is 0 Å². The molecule has 0 fully saturated rings. The summed E-state index contributed by atoms with van der Waals surface area (Å²) in [5.41, 5.74) is 2.43. The summed E-state index contributed by atoms with van der Waals surface area (Å²) in [4.78, 5) is 0. The first-order valence-electron chi connectivity index (χ1n) is 6.69. The highest BCUT2D eigenvalue weighted by atomic mass is 32.2. The van der Waals surface area contributed by atoms with Crippen molar-refractivity contribution in [1.82, 2.24) is 15.1 Å². The summed E-state index contributed by atoms with van der Waals surface area (Å²) in [6.07, 6.45) is 4.11. The molecule has 0 aliphatic rings. The largest absolute Gasteiger partial charge is 0.395 e. The van der Waals surface area contributed by atoms with Crippen molar-refractivity contribution in [3.63, 3.8) is 0 Å². The van der Waals surface area contributed by atoms with Crippen molar-refractivity contribution in [2.24, 2.45) is 7.05 Å². The Kier molecular flexibility index (Phi) is 5.89. The van der Waals surface area contributed by atoms with Crippen LogP contribution in [0.3, 0.4) is 0 Å². The summed E-state index contributed by atoms with van der Waals surface area (Å²) in [5.74, 6) is 0. The van der Waals surface area contributed by atoms with Gasteiger partial charge in [0.2, 0.25) is 0 Å². The quantitative estimate of drug-likeness (QED) is 0.838. The van der Waals surface area contributed by atoms with E-state index in [1.54, 1.807) is 11.8 Å². The number of rotatable bonds is 6. The van der Waals surface area contributed by atoms with E-state index >= 15 is 0 Å². The van der Waals surface area contributed by atoms with Crippen LogP contribution in [0.1, 0.15) is 39.0 Å². The van der Waals surface area contributed by atoms with Crippen LogP contribution in [0.25, 0.3) is 0 Å². The number of aliphatic hydroxyl groups excluding tert-OH is 1. The zero-order valence-electron chi connectivity index (χ0n) is 12.9. The van der Waals surface area contributed by atoms with Gasteiger partial charge in [-0.25, -0.2) is 0 Å². The van der Waals surface area contributed by atoms with Crippen molar-refractivity contribution >= 4 is 11.8 Å². The number of aryl methyl sites for hydroxylation is 1. The van der Waals surface area contributed by atoms with E-state index < -0.39 is 0 Å². The predicted octanol–water partition coefficient (Wildman–Crippen LogP) is 1.92. The summed E-state index contributed by atoms with van der Waals surface area (Å²) in [7, 11) is 1.96. The average molecular weight is 285 g/mol. The lowest BCUT2D eigenvalue weighted by Gasteiger charge is -2.22. The fraction of sp³-hybridized carbons (Fsp3) is 0.786. The van der Waals surface area contributed by atoms with Crippen molar-refractivity contribution in [3.8, 4) is 0 Å². The molecule has 110 valence electrons. The standard InChI is InChI=1S/C14H27N3OS/c1-10(12(9-18)19-6)15-7-11-8-17(5)16-13(11)14(2,3)4/h8,10,12,15,18H,7,9H2,1-6H3. The van der Waals surface area contributed by atoms with Gasteiger partial charge in [0.25, 0.3) is 0 Å². The molecule has 1 rings (SSSR count). The average Bonchev–Trinajstić information content (AvgIpc) is 2.69. The van der Waals surface area contributed by atoms with E-state index in [4.69, 9.17) is 0 Å². The van der Waals surface area contributed by atoms with Crippen molar-refractivity contribution in [3.05, 3.63) is 17.5 Å². The Morgan fingerprint density at radius 3 is 2.58 bits per heavy atom. The number of thioether (sulfide) groups is 1. The lowest BCUT2D eigenvalue weighted by molar-refractivity contribution is 0.275. The molecule has 19 heavy (non-hydrogen) atoms. The summed E-state index contributed by atoms with van der Waals surface area (Å²) >= 11 is 1.69. The van der Waals surface area contributed by atoms with E-state index in [0.717, 1.165) is 12.2 Å². The first kappa shape index (κ1) is 16.5. The van der Waals surface area contributed by atoms with Crippen LogP contribution in [0.2, 0.25) is 0 Å². The minimum Gasteiger partial charge on any atom is -0.395 e. The van der Waals surface area contributed by atoms with Gasteiger partial charge in [0.1, 0.15) is 0 Å². The first-order valence-corrected chi connectivity index (χ1v) is 7.98. The molecule has 0 aliphatic heterocycles. The molecule has 1 heterocycles. The van der Waals surface area contributed by atoms with Crippen molar-refractivity contribution in [2.75, 3.05) is 12.9 Å². The van der Waals surface area contributed by atoms with Crippen LogP contribution in [0, 0.1) is 0 Å². The fourth-order valence-electron chi connectivity index (χ4n) is 2.14. The molecule has 2 unspecified atom stereocenters. The second kappa shape index (κ2) is 6.77. The fourth-order valence-corrected chi connectivity index (χ4v) is 2.79. The van der Waals surface area contributed by atoms with Crippen molar-refractivity contribution in [1.29, 1.82) is 0 Å². The van der Waals surface area contributed by atoms with E-state index in [1.165, 1.54) is 5.56 Å². The normalized spacial score (nSPS) is 15.5. The highest BCUT2D eigenvalue weighted by Crippen LogP contribution is 2.24. The maximum atomic E-state index is 9.30. The number of aromatic nitrogens is 2. The van der Waals surface area contributed by atoms with E-state index in [9.17, 15) is 5.11 Å². The Balaban J connectivity index is 2.73. The molecule has 0 saturated carbocycles. The molecule has 5 heteroatoms. The van der Waals surface area contributed by atoms with Crippen molar-refractivity contribution < 1.29 is 5.11 Å². The minimum atomic E-state index is 0.0530. The maximum Gasteiger partial charge on any atom is 0.0722 e. The van der Waals surface area contributed by atoms with Crippen LogP contribution in [-0.4, -0.2) is 39.0 Å². The third-order valence-corrected chi connectivity index (χ3v) is 4.43. The molecule has 0 radical (unpaired) electrons. The Hall–Kier alpha value is -0.520. The lowest BCUT2D eigenvalue weighted by atomic mass is 9.89. The zero-order valence-corrected chi connectivity index (χ0v) is 13.7. The molecule has 2 atom stereocenters. The highest BCUT2D eigenvalue weighted by molar-refractivity contribution is 7.99. The summed E-state index contributed by atoms with van der Waals surface area (Å²) in [5, 5.41) is 17.6. The van der Waals surface area contributed by atoms with Gasteiger partial charge in [0.05, 0.1) is 12.3 Å². The number of hydrogen-bond donors (Lipinski definition) is 2. The molecule has 0 bridgehead atoms. The Morgan fingerprint density at radius 1 is 1.47 bits per heavy atom. The molecular formula is C14H27N3OS. The van der Waals surface area contributed by atoms with Gasteiger partial charge in [-0.2, -0.15) is 16.9 Å². The lowest BCUT2D eigenvalue weighted by Crippen LogP contribution is -2.37. The topological polar surface area (TPSA) is 50.1 Å². The monoisotopic (exact) mass is 285 g/mol. The third kappa shape index (κ3) is 4.51. The van der Waals surface area contributed by atoms with Crippen LogP contribution < -0.4 is 5.32 Å². The summed E-state index contributed by atoms with van der Waals surface area (Å²) < 4.78 is 1.88. The van der Waals surface area contributed by atoms with Crippen LogP contribution in [0.4, 0.5) is 0 Å². The molecule has 4 nitrogen and oxygen atoms in total. The summed E-state index contributed by atoms with van der Waals surface area (Å²) in [6, 6.07) is 0.271. The first-order chi connectivity index (χ1) is 8.79. The molecule has 1 aromatic rings. The number of nitrogens with zero attached hydrogens (tertiary/aromatic N) is 2. The van der Waals surface area contributed by atoms with Crippen molar-refractivity contribution in [2.45, 2.75) is 50.9 Å². The number of hydrogen-bond acceptors (Lipinski definition) is 4. The van der Waals surface area contributed by atoms with E-state index in [-0.39, 0.29) is 23.3 Å². The molecule has 0 aliphatic carbocycles. The predicted molar refractivity (Wildman–Crippen MR) is 82.6 cm³/mol. The highest BCUT2D eigenvalue weighted by Gasteiger charge is 2.22. The summed E-state index contributed by atoms with van der Waals surface area (Å²) in [6.45, 7) is 9.65. The molecule has 0 amide bonds. The minimum absolute atomic E-state index is 0.0530. The Labute approximate surface area is 121 Å².